The van der Waals surface area contributed by atoms with Crippen LogP contribution in [0.1, 0.15) is 15.9 Å². The largest absolute Gasteiger partial charge is 0.497 e. The molecule has 18 heavy (non-hydrogen) atoms. The maximum Gasteiger partial charge on any atom is 0.343 e. The molecule has 0 spiro atoms. The number of hydrogen-bond acceptors (Lipinski definition) is 3. The second-order valence-corrected chi connectivity index (χ2v) is 3.60. The van der Waals surface area contributed by atoms with Crippen molar-refractivity contribution in [2.24, 2.45) is 0 Å². The zero-order valence-corrected chi connectivity index (χ0v) is 9.97. The van der Waals surface area contributed by atoms with Gasteiger partial charge in [0.2, 0.25) is 0 Å². The van der Waals surface area contributed by atoms with Gasteiger partial charge in [0.25, 0.3) is 0 Å². The standard InChI is InChI=1S/C14H13NO3/c1-3-10-8-15-9-13(10)18-14(16)11-4-6-12(17-2)7-5-11/h3-9,15H,1H2,2H3. The van der Waals surface area contributed by atoms with Crippen molar-refractivity contribution in [1.82, 2.24) is 4.98 Å². The number of aromatic amines is 1. The highest BCUT2D eigenvalue weighted by Crippen LogP contribution is 2.20. The molecule has 0 radical (unpaired) electrons. The lowest BCUT2D eigenvalue weighted by Gasteiger charge is -2.04. The monoisotopic (exact) mass is 243 g/mol. The fourth-order valence-electron chi connectivity index (χ4n) is 1.50. The third-order valence-corrected chi connectivity index (χ3v) is 2.49. The lowest BCUT2D eigenvalue weighted by atomic mass is 10.2. The van der Waals surface area contributed by atoms with Crippen LogP contribution >= 0.6 is 0 Å². The molecule has 2 rings (SSSR count). The maximum absolute atomic E-state index is 11.9. The van der Waals surface area contributed by atoms with E-state index in [4.69, 9.17) is 9.47 Å². The fraction of sp³-hybridized carbons (Fsp3) is 0.0714. The number of benzene rings is 1. The van der Waals surface area contributed by atoms with Crippen molar-refractivity contribution in [3.63, 3.8) is 0 Å². The fourth-order valence-corrected chi connectivity index (χ4v) is 1.50. The van der Waals surface area contributed by atoms with E-state index in [0.717, 1.165) is 5.56 Å². The van der Waals surface area contributed by atoms with Crippen molar-refractivity contribution in [1.29, 1.82) is 0 Å². The predicted molar refractivity (Wildman–Crippen MR) is 68.8 cm³/mol. The first-order chi connectivity index (χ1) is 8.74. The SMILES string of the molecule is C=Cc1c[nH]cc1OC(=O)c1ccc(OC)cc1. The van der Waals surface area contributed by atoms with E-state index >= 15 is 0 Å². The van der Waals surface area contributed by atoms with Gasteiger partial charge in [-0.1, -0.05) is 12.7 Å². The van der Waals surface area contributed by atoms with Gasteiger partial charge in [-0.15, -0.1) is 0 Å². The van der Waals surface area contributed by atoms with Gasteiger partial charge >= 0.3 is 5.97 Å². The van der Waals surface area contributed by atoms with Crippen molar-refractivity contribution in [2.45, 2.75) is 0 Å². The average Bonchev–Trinajstić information content (AvgIpc) is 2.86. The smallest absolute Gasteiger partial charge is 0.343 e. The van der Waals surface area contributed by atoms with E-state index in [1.807, 2.05) is 0 Å². The summed E-state index contributed by atoms with van der Waals surface area (Å²) in [5.41, 5.74) is 1.21. The summed E-state index contributed by atoms with van der Waals surface area (Å²) in [6.45, 7) is 3.64. The van der Waals surface area contributed by atoms with E-state index in [9.17, 15) is 4.79 Å². The van der Waals surface area contributed by atoms with Crippen LogP contribution in [0.2, 0.25) is 0 Å². The molecule has 0 aliphatic rings. The molecule has 1 N–H and O–H groups in total. The molecular formula is C14H13NO3. The van der Waals surface area contributed by atoms with Crippen LogP contribution in [0.5, 0.6) is 11.5 Å². The summed E-state index contributed by atoms with van der Waals surface area (Å²) in [5, 5.41) is 0. The molecule has 4 nitrogen and oxygen atoms in total. The van der Waals surface area contributed by atoms with Crippen LogP contribution in [0.25, 0.3) is 6.08 Å². The van der Waals surface area contributed by atoms with Crippen molar-refractivity contribution < 1.29 is 14.3 Å². The lowest BCUT2D eigenvalue weighted by molar-refractivity contribution is 0.0734. The third kappa shape index (κ3) is 2.43. The molecule has 0 unspecified atom stereocenters. The summed E-state index contributed by atoms with van der Waals surface area (Å²) >= 11 is 0. The quantitative estimate of drug-likeness (QED) is 0.840. The van der Waals surface area contributed by atoms with Gasteiger partial charge in [-0.2, -0.15) is 0 Å². The molecule has 1 aromatic carbocycles. The van der Waals surface area contributed by atoms with Gasteiger partial charge in [0.1, 0.15) is 5.75 Å². The van der Waals surface area contributed by atoms with E-state index in [-0.39, 0.29) is 0 Å². The molecule has 1 heterocycles. The molecule has 0 amide bonds. The van der Waals surface area contributed by atoms with E-state index in [1.54, 1.807) is 49.8 Å². The van der Waals surface area contributed by atoms with Crippen molar-refractivity contribution in [3.05, 3.63) is 54.4 Å². The molecule has 1 aromatic heterocycles. The van der Waals surface area contributed by atoms with Gasteiger partial charge in [0, 0.05) is 18.0 Å². The summed E-state index contributed by atoms with van der Waals surface area (Å²) in [6.07, 6.45) is 4.94. The number of methoxy groups -OCH3 is 1. The van der Waals surface area contributed by atoms with Gasteiger partial charge < -0.3 is 14.5 Å². The first-order valence-electron chi connectivity index (χ1n) is 5.40. The van der Waals surface area contributed by atoms with E-state index in [2.05, 4.69) is 11.6 Å². The number of esters is 1. The Morgan fingerprint density at radius 1 is 1.28 bits per heavy atom. The Labute approximate surface area is 105 Å². The second-order valence-electron chi connectivity index (χ2n) is 3.60. The van der Waals surface area contributed by atoms with Crippen LogP contribution in [-0.4, -0.2) is 18.1 Å². The molecular weight excluding hydrogens is 230 g/mol. The Hall–Kier alpha value is -2.49. The number of hydrogen-bond donors (Lipinski definition) is 1. The molecule has 0 aliphatic heterocycles. The van der Waals surface area contributed by atoms with Gasteiger partial charge in [0.05, 0.1) is 12.7 Å². The van der Waals surface area contributed by atoms with Gasteiger partial charge in [-0.25, -0.2) is 4.79 Å². The van der Waals surface area contributed by atoms with E-state index in [1.165, 1.54) is 0 Å². The number of rotatable bonds is 4. The highest BCUT2D eigenvalue weighted by Gasteiger charge is 2.11. The molecule has 4 heteroatoms. The van der Waals surface area contributed by atoms with Crippen molar-refractivity contribution in [2.75, 3.05) is 7.11 Å². The Morgan fingerprint density at radius 2 is 2.00 bits per heavy atom. The Morgan fingerprint density at radius 3 is 2.61 bits per heavy atom. The number of nitrogens with one attached hydrogen (secondary N) is 1. The highest BCUT2D eigenvalue weighted by atomic mass is 16.5. The van der Waals surface area contributed by atoms with Crippen molar-refractivity contribution >= 4 is 12.0 Å². The Balaban J connectivity index is 2.14. The van der Waals surface area contributed by atoms with Gasteiger partial charge in [0.15, 0.2) is 5.75 Å². The van der Waals surface area contributed by atoms with Crippen LogP contribution in [-0.2, 0) is 0 Å². The maximum atomic E-state index is 11.9. The number of carbonyl (C=O) groups is 1. The third-order valence-electron chi connectivity index (χ3n) is 2.49. The van der Waals surface area contributed by atoms with Crippen LogP contribution in [0.3, 0.4) is 0 Å². The highest BCUT2D eigenvalue weighted by molar-refractivity contribution is 5.91. The normalized spacial score (nSPS) is 9.83. The Bertz CT molecular complexity index is 555. The number of ether oxygens (including phenoxy) is 2. The molecule has 0 atom stereocenters. The number of H-pyrrole nitrogens is 1. The molecule has 0 saturated carbocycles. The van der Waals surface area contributed by atoms with Crippen molar-refractivity contribution in [3.8, 4) is 11.5 Å². The zero-order chi connectivity index (χ0) is 13.0. The topological polar surface area (TPSA) is 51.3 Å². The molecule has 2 aromatic rings. The molecule has 0 bridgehead atoms. The van der Waals surface area contributed by atoms with Crippen LogP contribution < -0.4 is 9.47 Å². The summed E-state index contributed by atoms with van der Waals surface area (Å²) in [7, 11) is 1.57. The molecule has 0 saturated heterocycles. The van der Waals surface area contributed by atoms with Gasteiger partial charge in [-0.3, -0.25) is 0 Å². The second kappa shape index (κ2) is 5.23. The van der Waals surface area contributed by atoms with Crippen LogP contribution in [0.4, 0.5) is 0 Å². The molecule has 0 aliphatic carbocycles. The summed E-state index contributed by atoms with van der Waals surface area (Å²) < 4.78 is 10.3. The van der Waals surface area contributed by atoms with E-state index < -0.39 is 5.97 Å². The van der Waals surface area contributed by atoms with Crippen LogP contribution in [0, 0.1) is 0 Å². The van der Waals surface area contributed by atoms with Crippen LogP contribution in [0.15, 0.2) is 43.2 Å². The zero-order valence-electron chi connectivity index (χ0n) is 9.97. The van der Waals surface area contributed by atoms with E-state index in [0.29, 0.717) is 17.1 Å². The minimum absolute atomic E-state index is 0.416. The Kier molecular flexibility index (Phi) is 3.48. The predicted octanol–water partition coefficient (Wildman–Crippen LogP) is 2.89. The summed E-state index contributed by atoms with van der Waals surface area (Å²) in [6, 6.07) is 6.73. The first kappa shape index (κ1) is 12.0. The first-order valence-corrected chi connectivity index (χ1v) is 5.40. The lowest BCUT2D eigenvalue weighted by Crippen LogP contribution is -2.08. The minimum Gasteiger partial charge on any atom is -0.497 e. The summed E-state index contributed by atoms with van der Waals surface area (Å²) in [5.74, 6) is 0.742. The number of aromatic nitrogens is 1. The summed E-state index contributed by atoms with van der Waals surface area (Å²) in [4.78, 5) is 14.7. The average molecular weight is 243 g/mol. The van der Waals surface area contributed by atoms with Gasteiger partial charge in [-0.05, 0) is 24.3 Å². The molecule has 92 valence electrons. The molecule has 0 fully saturated rings. The minimum atomic E-state index is -0.416. The number of carbonyl (C=O) groups excluding carboxylic acids is 1.